The Hall–Kier alpha value is -1.29. The van der Waals surface area contributed by atoms with Gasteiger partial charge in [0.2, 0.25) is 0 Å². The number of nitrogen functional groups attached to an aromatic ring is 1. The van der Waals surface area contributed by atoms with Crippen molar-refractivity contribution >= 4 is 28.6 Å². The first-order chi connectivity index (χ1) is 7.22. The van der Waals surface area contributed by atoms with Crippen molar-refractivity contribution in [1.82, 2.24) is 0 Å². The molecule has 16 heavy (non-hydrogen) atoms. The molecule has 1 aromatic rings. The van der Waals surface area contributed by atoms with Gasteiger partial charge in [-0.1, -0.05) is 6.58 Å². The monoisotopic (exact) mass is 239 g/mol. The molecule has 0 aromatic carbocycles. The fourth-order valence-corrected chi connectivity index (χ4v) is 2.12. The normalized spacial score (nSPS) is 11.2. The zero-order valence-electron chi connectivity index (χ0n) is 10.1. The molecule has 1 heterocycles. The van der Waals surface area contributed by atoms with Crippen LogP contribution >= 0.6 is 11.3 Å². The fraction of sp³-hybridized carbons (Fsp3) is 0.417. The standard InChI is InChI=1S/C12H17NO2S/c1-7(2)8-6-16-10(9(8)13)11(14)15-12(3,4)5/h6H,1,13H2,2-5H3. The van der Waals surface area contributed by atoms with Gasteiger partial charge in [0.05, 0.1) is 5.69 Å². The van der Waals surface area contributed by atoms with Crippen LogP contribution in [0.5, 0.6) is 0 Å². The smallest absolute Gasteiger partial charge is 0.350 e. The van der Waals surface area contributed by atoms with Crippen LogP contribution in [0.15, 0.2) is 12.0 Å². The maximum absolute atomic E-state index is 11.8. The third-order valence-electron chi connectivity index (χ3n) is 1.87. The highest BCUT2D eigenvalue weighted by Crippen LogP contribution is 2.31. The average Bonchev–Trinajstić information content (AvgIpc) is 2.43. The summed E-state index contributed by atoms with van der Waals surface area (Å²) in [6.45, 7) is 11.1. The summed E-state index contributed by atoms with van der Waals surface area (Å²) < 4.78 is 5.26. The maximum Gasteiger partial charge on any atom is 0.350 e. The maximum atomic E-state index is 11.8. The average molecular weight is 239 g/mol. The molecule has 0 unspecified atom stereocenters. The summed E-state index contributed by atoms with van der Waals surface area (Å²) in [7, 11) is 0. The number of nitrogens with two attached hydrogens (primary N) is 1. The van der Waals surface area contributed by atoms with E-state index in [4.69, 9.17) is 10.5 Å². The molecule has 1 rings (SSSR count). The second-order valence-corrected chi connectivity index (χ2v) is 5.55. The van der Waals surface area contributed by atoms with Crippen molar-refractivity contribution in [1.29, 1.82) is 0 Å². The molecule has 1 aromatic heterocycles. The quantitative estimate of drug-likeness (QED) is 0.805. The van der Waals surface area contributed by atoms with Gasteiger partial charge in [-0.15, -0.1) is 11.3 Å². The van der Waals surface area contributed by atoms with Crippen molar-refractivity contribution in [2.45, 2.75) is 33.3 Å². The number of allylic oxidation sites excluding steroid dienone is 1. The Labute approximate surface area is 99.9 Å². The topological polar surface area (TPSA) is 52.3 Å². The number of rotatable bonds is 2. The van der Waals surface area contributed by atoms with Crippen molar-refractivity contribution in [3.05, 3.63) is 22.4 Å². The van der Waals surface area contributed by atoms with Crippen LogP contribution in [0.1, 0.15) is 42.9 Å². The Kier molecular flexibility index (Phi) is 3.43. The van der Waals surface area contributed by atoms with E-state index in [0.717, 1.165) is 11.1 Å². The van der Waals surface area contributed by atoms with Crippen molar-refractivity contribution in [2.24, 2.45) is 0 Å². The summed E-state index contributed by atoms with van der Waals surface area (Å²) in [4.78, 5) is 12.2. The predicted molar refractivity (Wildman–Crippen MR) is 68.6 cm³/mol. The minimum Gasteiger partial charge on any atom is -0.456 e. The first-order valence-corrected chi connectivity index (χ1v) is 5.86. The number of esters is 1. The highest BCUT2D eigenvalue weighted by Gasteiger charge is 2.22. The van der Waals surface area contributed by atoms with Crippen LogP contribution in [0.25, 0.3) is 5.57 Å². The Balaban J connectivity index is 2.98. The Morgan fingerprint density at radius 1 is 1.50 bits per heavy atom. The van der Waals surface area contributed by atoms with E-state index < -0.39 is 5.60 Å². The summed E-state index contributed by atoms with van der Waals surface area (Å²) in [5.74, 6) is -0.373. The molecule has 0 aliphatic heterocycles. The molecule has 0 fully saturated rings. The molecule has 0 saturated carbocycles. The number of carbonyl (C=O) groups excluding carboxylic acids is 1. The molecule has 2 N–H and O–H groups in total. The van der Waals surface area contributed by atoms with Crippen LogP contribution in [0, 0.1) is 0 Å². The van der Waals surface area contributed by atoms with Crippen LogP contribution in [0.4, 0.5) is 5.69 Å². The van der Waals surface area contributed by atoms with Gasteiger partial charge in [0.25, 0.3) is 0 Å². The summed E-state index contributed by atoms with van der Waals surface area (Å²) in [6, 6.07) is 0. The molecule has 0 amide bonds. The van der Waals surface area contributed by atoms with Gasteiger partial charge in [-0.3, -0.25) is 0 Å². The summed E-state index contributed by atoms with van der Waals surface area (Å²) in [5, 5.41) is 1.83. The van der Waals surface area contributed by atoms with Gasteiger partial charge in [0, 0.05) is 10.9 Å². The Morgan fingerprint density at radius 3 is 2.44 bits per heavy atom. The molecule has 0 atom stereocenters. The minimum atomic E-state index is -0.503. The van der Waals surface area contributed by atoms with Gasteiger partial charge in [-0.05, 0) is 33.3 Å². The third-order valence-corrected chi connectivity index (χ3v) is 2.85. The number of carbonyl (C=O) groups is 1. The fourth-order valence-electron chi connectivity index (χ4n) is 1.18. The molecule has 0 bridgehead atoms. The second-order valence-electron chi connectivity index (χ2n) is 4.67. The zero-order chi connectivity index (χ0) is 12.5. The molecule has 0 radical (unpaired) electrons. The van der Waals surface area contributed by atoms with Crippen molar-refractivity contribution in [3.63, 3.8) is 0 Å². The van der Waals surface area contributed by atoms with Gasteiger partial charge in [0.15, 0.2) is 0 Å². The molecule has 88 valence electrons. The molecule has 4 heteroatoms. The number of thiophene rings is 1. The number of hydrogen-bond acceptors (Lipinski definition) is 4. The second kappa shape index (κ2) is 4.29. The largest absolute Gasteiger partial charge is 0.456 e. The van der Waals surface area contributed by atoms with Gasteiger partial charge in [-0.25, -0.2) is 4.79 Å². The molecule has 3 nitrogen and oxygen atoms in total. The SMILES string of the molecule is C=C(C)c1csc(C(=O)OC(C)(C)C)c1N. The third kappa shape index (κ3) is 2.85. The van der Waals surface area contributed by atoms with Crippen LogP contribution in [0.2, 0.25) is 0 Å². The summed E-state index contributed by atoms with van der Waals surface area (Å²) in [5.41, 5.74) is 7.51. The first kappa shape index (κ1) is 12.8. The summed E-state index contributed by atoms with van der Waals surface area (Å²) in [6.07, 6.45) is 0. The van der Waals surface area contributed by atoms with E-state index in [1.807, 2.05) is 33.1 Å². The van der Waals surface area contributed by atoms with Crippen molar-refractivity contribution in [2.75, 3.05) is 5.73 Å². The van der Waals surface area contributed by atoms with E-state index in [9.17, 15) is 4.79 Å². The Morgan fingerprint density at radius 2 is 2.06 bits per heavy atom. The zero-order valence-corrected chi connectivity index (χ0v) is 10.9. The minimum absolute atomic E-state index is 0.373. The highest BCUT2D eigenvalue weighted by atomic mass is 32.1. The van der Waals surface area contributed by atoms with E-state index in [2.05, 4.69) is 6.58 Å². The summed E-state index contributed by atoms with van der Waals surface area (Å²) >= 11 is 1.29. The van der Waals surface area contributed by atoms with E-state index >= 15 is 0 Å². The lowest BCUT2D eigenvalue weighted by molar-refractivity contribution is 0.00764. The lowest BCUT2D eigenvalue weighted by atomic mass is 10.1. The van der Waals surface area contributed by atoms with Crippen LogP contribution < -0.4 is 5.73 Å². The van der Waals surface area contributed by atoms with Crippen LogP contribution in [-0.2, 0) is 4.74 Å². The first-order valence-electron chi connectivity index (χ1n) is 4.98. The van der Waals surface area contributed by atoms with E-state index in [0.29, 0.717) is 10.6 Å². The number of hydrogen-bond donors (Lipinski definition) is 1. The molecule has 0 spiro atoms. The van der Waals surface area contributed by atoms with Gasteiger partial charge in [-0.2, -0.15) is 0 Å². The number of ether oxygens (including phenoxy) is 1. The van der Waals surface area contributed by atoms with Crippen molar-refractivity contribution < 1.29 is 9.53 Å². The lowest BCUT2D eigenvalue weighted by Crippen LogP contribution is -2.23. The highest BCUT2D eigenvalue weighted by molar-refractivity contribution is 7.12. The molecular weight excluding hydrogens is 222 g/mol. The van der Waals surface area contributed by atoms with Gasteiger partial charge in [0.1, 0.15) is 10.5 Å². The van der Waals surface area contributed by atoms with Gasteiger partial charge < -0.3 is 10.5 Å². The lowest BCUT2D eigenvalue weighted by Gasteiger charge is -2.19. The molecule has 0 saturated heterocycles. The van der Waals surface area contributed by atoms with Crippen LogP contribution in [-0.4, -0.2) is 11.6 Å². The molecule has 0 aliphatic rings. The van der Waals surface area contributed by atoms with E-state index in [1.54, 1.807) is 0 Å². The van der Waals surface area contributed by atoms with Crippen LogP contribution in [0.3, 0.4) is 0 Å². The van der Waals surface area contributed by atoms with E-state index in [-0.39, 0.29) is 5.97 Å². The molecule has 0 aliphatic carbocycles. The number of anilines is 1. The van der Waals surface area contributed by atoms with Gasteiger partial charge >= 0.3 is 5.97 Å². The van der Waals surface area contributed by atoms with Crippen molar-refractivity contribution in [3.8, 4) is 0 Å². The predicted octanol–water partition coefficient (Wildman–Crippen LogP) is 3.32. The van der Waals surface area contributed by atoms with E-state index in [1.165, 1.54) is 11.3 Å². The Bertz CT molecular complexity index is 427. The molecular formula is C12H17NO2S.